The number of benzene rings is 2. The lowest BCUT2D eigenvalue weighted by atomic mass is 9.74. The van der Waals surface area contributed by atoms with E-state index in [0.717, 1.165) is 36.1 Å². The first-order chi connectivity index (χ1) is 16.4. The number of halogens is 1. The molecule has 2 aliphatic heterocycles. The molecule has 2 saturated heterocycles. The van der Waals surface area contributed by atoms with Crippen molar-refractivity contribution in [1.29, 1.82) is 0 Å². The Hall–Kier alpha value is -2.59. The van der Waals surface area contributed by atoms with Crippen molar-refractivity contribution >= 4 is 10.0 Å². The number of nitrogens with zero attached hydrogens (tertiary/aromatic N) is 4. The van der Waals surface area contributed by atoms with Crippen LogP contribution in [0.15, 0.2) is 66.1 Å². The molecule has 3 atom stereocenters. The molecule has 0 spiro atoms. The molecule has 2 aliphatic rings. The SMILES string of the molecule is Cn1cnc(S(=O)(=O)N2CCCCN3[C@H](CO)[C@@H](c4ccc(-c5cccc(F)c5)cc4)[C@H]3C2)c1. The van der Waals surface area contributed by atoms with Gasteiger partial charge in [-0.1, -0.05) is 36.4 Å². The Morgan fingerprint density at radius 3 is 2.53 bits per heavy atom. The molecule has 0 bridgehead atoms. The van der Waals surface area contributed by atoms with Gasteiger partial charge in [0.1, 0.15) is 5.82 Å². The summed E-state index contributed by atoms with van der Waals surface area (Å²) in [4.78, 5) is 6.33. The number of fused-ring (bicyclic) bond motifs is 1. The van der Waals surface area contributed by atoms with Crippen molar-refractivity contribution in [2.45, 2.75) is 35.9 Å². The van der Waals surface area contributed by atoms with Crippen molar-refractivity contribution in [3.63, 3.8) is 0 Å². The highest BCUT2D eigenvalue weighted by atomic mass is 32.2. The van der Waals surface area contributed by atoms with Crippen LogP contribution in [0.1, 0.15) is 24.3 Å². The molecule has 0 aliphatic carbocycles. The Kier molecular flexibility index (Phi) is 6.28. The maximum absolute atomic E-state index is 13.6. The Morgan fingerprint density at radius 1 is 1.09 bits per heavy atom. The second kappa shape index (κ2) is 9.22. The van der Waals surface area contributed by atoms with E-state index in [1.165, 1.54) is 24.7 Å². The maximum atomic E-state index is 13.6. The van der Waals surface area contributed by atoms with Crippen LogP contribution in [0.4, 0.5) is 4.39 Å². The van der Waals surface area contributed by atoms with Gasteiger partial charge in [0, 0.05) is 44.3 Å². The van der Waals surface area contributed by atoms with E-state index in [1.807, 2.05) is 30.3 Å². The lowest BCUT2D eigenvalue weighted by molar-refractivity contribution is -0.0554. The summed E-state index contributed by atoms with van der Waals surface area (Å²) in [7, 11) is -1.95. The van der Waals surface area contributed by atoms with E-state index in [2.05, 4.69) is 9.88 Å². The molecule has 1 N–H and O–H groups in total. The summed E-state index contributed by atoms with van der Waals surface area (Å²) >= 11 is 0. The monoisotopic (exact) mass is 484 g/mol. The number of aliphatic hydroxyl groups excluding tert-OH is 1. The minimum Gasteiger partial charge on any atom is -0.395 e. The molecule has 0 saturated carbocycles. The van der Waals surface area contributed by atoms with Gasteiger partial charge < -0.3 is 9.67 Å². The van der Waals surface area contributed by atoms with Crippen molar-refractivity contribution in [2.75, 3.05) is 26.2 Å². The Morgan fingerprint density at radius 2 is 1.85 bits per heavy atom. The fraction of sp³-hybridized carbons (Fsp3) is 0.400. The van der Waals surface area contributed by atoms with Gasteiger partial charge in [-0.25, -0.2) is 17.8 Å². The van der Waals surface area contributed by atoms with E-state index >= 15 is 0 Å². The summed E-state index contributed by atoms with van der Waals surface area (Å²) in [5, 5.41) is 10.2. The van der Waals surface area contributed by atoms with Crippen LogP contribution < -0.4 is 0 Å². The molecule has 9 heteroatoms. The van der Waals surface area contributed by atoms with E-state index < -0.39 is 10.0 Å². The standard InChI is InChI=1S/C25H29FN4O3S/c1-28-15-24(27-17-28)34(32,33)29-11-2-3-12-30-22(14-29)25(23(30)16-31)19-9-7-18(8-10-19)20-5-4-6-21(26)13-20/h4-10,13,15,17,22-23,25,31H,2-3,11-12,14,16H2,1H3/t22-,23-,25+/m1/s1. The molecule has 7 nitrogen and oxygen atoms in total. The molecule has 3 heterocycles. The Bertz CT molecular complexity index is 1260. The number of aromatic nitrogens is 2. The average Bonchev–Trinajstić information content (AvgIpc) is 3.25. The van der Waals surface area contributed by atoms with Crippen LogP contribution >= 0.6 is 0 Å². The van der Waals surface area contributed by atoms with Gasteiger partial charge in [0.25, 0.3) is 10.0 Å². The quantitative estimate of drug-likeness (QED) is 0.603. The van der Waals surface area contributed by atoms with Crippen LogP contribution in [-0.2, 0) is 17.1 Å². The van der Waals surface area contributed by atoms with E-state index in [1.54, 1.807) is 22.0 Å². The molecule has 2 fully saturated rings. The lowest BCUT2D eigenvalue weighted by Gasteiger charge is -2.57. The molecular weight excluding hydrogens is 455 g/mol. The number of rotatable bonds is 5. The molecule has 2 aromatic carbocycles. The van der Waals surface area contributed by atoms with Gasteiger partial charge in [0.05, 0.1) is 12.9 Å². The first kappa shape index (κ1) is 23.2. The van der Waals surface area contributed by atoms with Crippen LogP contribution in [0, 0.1) is 5.82 Å². The van der Waals surface area contributed by atoms with Gasteiger partial charge in [-0.15, -0.1) is 0 Å². The van der Waals surface area contributed by atoms with Crippen LogP contribution in [0.2, 0.25) is 0 Å². The lowest BCUT2D eigenvalue weighted by Crippen LogP contribution is -2.67. The smallest absolute Gasteiger partial charge is 0.262 e. The van der Waals surface area contributed by atoms with Crippen molar-refractivity contribution in [1.82, 2.24) is 18.8 Å². The zero-order chi connectivity index (χ0) is 23.9. The summed E-state index contributed by atoms with van der Waals surface area (Å²) in [6.07, 6.45) is 4.66. The fourth-order valence-corrected chi connectivity index (χ4v) is 6.81. The largest absolute Gasteiger partial charge is 0.395 e. The molecule has 0 radical (unpaired) electrons. The number of aryl methyl sites for hydroxylation is 1. The number of aliphatic hydroxyl groups is 1. The van der Waals surface area contributed by atoms with E-state index in [9.17, 15) is 17.9 Å². The molecule has 3 aromatic rings. The van der Waals surface area contributed by atoms with Gasteiger partial charge in [-0.05, 0) is 48.2 Å². The first-order valence-electron chi connectivity index (χ1n) is 11.6. The minimum atomic E-state index is -3.70. The number of hydrogen-bond acceptors (Lipinski definition) is 5. The zero-order valence-corrected chi connectivity index (χ0v) is 19.9. The topological polar surface area (TPSA) is 78.7 Å². The summed E-state index contributed by atoms with van der Waals surface area (Å²) in [5.74, 6) is -0.272. The molecule has 5 rings (SSSR count). The highest BCUT2D eigenvalue weighted by Gasteiger charge is 2.50. The predicted octanol–water partition coefficient (Wildman–Crippen LogP) is 2.84. The third kappa shape index (κ3) is 4.17. The predicted molar refractivity (Wildman–Crippen MR) is 127 cm³/mol. The Labute approximate surface area is 199 Å². The summed E-state index contributed by atoms with van der Waals surface area (Å²) in [6.45, 7) is 1.66. The van der Waals surface area contributed by atoms with Crippen LogP contribution in [0.5, 0.6) is 0 Å². The second-order valence-electron chi connectivity index (χ2n) is 9.16. The second-order valence-corrected chi connectivity index (χ2v) is 11.0. The molecule has 1 aromatic heterocycles. The van der Waals surface area contributed by atoms with Crippen molar-refractivity contribution < 1.29 is 17.9 Å². The van der Waals surface area contributed by atoms with Crippen molar-refractivity contribution in [2.24, 2.45) is 7.05 Å². The van der Waals surface area contributed by atoms with E-state index in [4.69, 9.17) is 0 Å². The van der Waals surface area contributed by atoms with Gasteiger partial charge in [0.2, 0.25) is 0 Å². The van der Waals surface area contributed by atoms with Crippen LogP contribution in [-0.4, -0.2) is 70.6 Å². The summed E-state index contributed by atoms with van der Waals surface area (Å²) in [5.41, 5.74) is 2.77. The highest BCUT2D eigenvalue weighted by molar-refractivity contribution is 7.89. The summed E-state index contributed by atoms with van der Waals surface area (Å²) in [6, 6.07) is 14.4. The van der Waals surface area contributed by atoms with Gasteiger partial charge in [-0.3, -0.25) is 4.90 Å². The third-order valence-electron chi connectivity index (χ3n) is 7.07. The molecule has 180 valence electrons. The van der Waals surface area contributed by atoms with E-state index in [-0.39, 0.29) is 35.5 Å². The maximum Gasteiger partial charge on any atom is 0.262 e. The normalized spacial score (nSPS) is 24.1. The molecule has 0 unspecified atom stereocenters. The molecule has 0 amide bonds. The average molecular weight is 485 g/mol. The molecule has 34 heavy (non-hydrogen) atoms. The van der Waals surface area contributed by atoms with E-state index in [0.29, 0.717) is 13.1 Å². The van der Waals surface area contributed by atoms with Crippen molar-refractivity contribution in [3.05, 3.63) is 72.4 Å². The minimum absolute atomic E-state index is 0.00564. The van der Waals surface area contributed by atoms with Crippen LogP contribution in [0.3, 0.4) is 0 Å². The fourth-order valence-electron chi connectivity index (χ4n) is 5.35. The third-order valence-corrected chi connectivity index (χ3v) is 8.82. The highest BCUT2D eigenvalue weighted by Crippen LogP contribution is 2.43. The van der Waals surface area contributed by atoms with Gasteiger partial charge in [-0.2, -0.15) is 4.31 Å². The number of sulfonamides is 1. The first-order valence-corrected chi connectivity index (χ1v) is 13.0. The molecular formula is C25H29FN4O3S. The van der Waals surface area contributed by atoms with Crippen molar-refractivity contribution in [3.8, 4) is 11.1 Å². The van der Waals surface area contributed by atoms with Gasteiger partial charge in [0.15, 0.2) is 5.03 Å². The van der Waals surface area contributed by atoms with Gasteiger partial charge >= 0.3 is 0 Å². The zero-order valence-electron chi connectivity index (χ0n) is 19.1. The van der Waals surface area contributed by atoms with Crippen LogP contribution in [0.25, 0.3) is 11.1 Å². The number of hydrogen-bond donors (Lipinski definition) is 1. The summed E-state index contributed by atoms with van der Waals surface area (Å²) < 4.78 is 43.5. The Balaban J connectivity index is 1.42. The number of imidazole rings is 1.